The summed E-state index contributed by atoms with van der Waals surface area (Å²) >= 11 is 0. The average molecular weight is 374 g/mol. The number of aryl methyl sites for hydroxylation is 2. The molecule has 1 amide bonds. The lowest BCUT2D eigenvalue weighted by Gasteiger charge is -2.35. The van der Waals surface area contributed by atoms with Crippen LogP contribution in [0.1, 0.15) is 18.1 Å². The average Bonchev–Trinajstić information content (AvgIpc) is 2.61. The molecule has 7 heteroatoms. The zero-order chi connectivity index (χ0) is 19.1. The molecule has 0 spiro atoms. The monoisotopic (exact) mass is 374 g/mol. The van der Waals surface area contributed by atoms with Gasteiger partial charge in [-0.25, -0.2) is 8.42 Å². The number of rotatable bonds is 4. The number of fused-ring (bicyclic) bond motifs is 1. The summed E-state index contributed by atoms with van der Waals surface area (Å²) in [5.74, 6) is 0.395. The maximum absolute atomic E-state index is 13.4. The van der Waals surface area contributed by atoms with Crippen LogP contribution in [0.5, 0.6) is 5.75 Å². The van der Waals surface area contributed by atoms with Crippen LogP contribution in [0.25, 0.3) is 0 Å². The van der Waals surface area contributed by atoms with Gasteiger partial charge in [0, 0.05) is 7.05 Å². The van der Waals surface area contributed by atoms with Gasteiger partial charge in [-0.3, -0.25) is 9.10 Å². The Balaban J connectivity index is 2.14. The first kappa shape index (κ1) is 18.3. The molecule has 2 aromatic carbocycles. The van der Waals surface area contributed by atoms with Crippen molar-refractivity contribution < 1.29 is 17.9 Å². The van der Waals surface area contributed by atoms with Crippen LogP contribution in [-0.4, -0.2) is 34.5 Å². The second-order valence-corrected chi connectivity index (χ2v) is 8.10. The number of benzene rings is 2. The fraction of sp³-hybridized carbons (Fsp3) is 0.316. The minimum absolute atomic E-state index is 0.186. The van der Waals surface area contributed by atoms with E-state index < -0.39 is 10.0 Å². The third-order valence-electron chi connectivity index (χ3n) is 4.51. The molecule has 0 N–H and O–H groups in total. The Labute approximate surface area is 154 Å². The summed E-state index contributed by atoms with van der Waals surface area (Å²) in [6, 6.07) is 10.3. The number of carbonyl (C=O) groups excluding carboxylic acids is 1. The number of ether oxygens (including phenoxy) is 1. The molecule has 0 fully saturated rings. The largest absolute Gasteiger partial charge is 0.494 e. The Morgan fingerprint density at radius 2 is 1.73 bits per heavy atom. The summed E-state index contributed by atoms with van der Waals surface area (Å²) in [6.45, 7) is 5.71. The third kappa shape index (κ3) is 2.92. The number of hydrogen-bond donors (Lipinski definition) is 0. The highest BCUT2D eigenvalue weighted by Crippen LogP contribution is 2.37. The Hall–Kier alpha value is -2.54. The molecule has 0 atom stereocenters. The Morgan fingerprint density at radius 3 is 2.38 bits per heavy atom. The van der Waals surface area contributed by atoms with Gasteiger partial charge in [0.1, 0.15) is 12.3 Å². The topological polar surface area (TPSA) is 66.9 Å². The van der Waals surface area contributed by atoms with Gasteiger partial charge in [0.25, 0.3) is 10.0 Å². The predicted octanol–water partition coefficient (Wildman–Crippen LogP) is 2.87. The summed E-state index contributed by atoms with van der Waals surface area (Å²) in [7, 11) is -2.24. The summed E-state index contributed by atoms with van der Waals surface area (Å²) in [5.41, 5.74) is 2.40. The molecule has 1 aliphatic heterocycles. The van der Waals surface area contributed by atoms with E-state index in [1.807, 2.05) is 13.8 Å². The van der Waals surface area contributed by atoms with E-state index in [0.717, 1.165) is 5.56 Å². The van der Waals surface area contributed by atoms with Crippen molar-refractivity contribution in [1.29, 1.82) is 0 Å². The molecule has 2 aromatic rings. The highest BCUT2D eigenvalue weighted by Gasteiger charge is 2.35. The standard InChI is InChI=1S/C19H22N2O4S/c1-5-25-17-10-14(3)18(11-13(17)2)26(23,24)21-12-19(22)20(4)15-8-6-7-9-16(15)21/h6-11H,5,12H2,1-4H3. The first-order chi connectivity index (χ1) is 12.3. The van der Waals surface area contributed by atoms with Crippen molar-refractivity contribution in [1.82, 2.24) is 0 Å². The van der Waals surface area contributed by atoms with Crippen LogP contribution in [0.4, 0.5) is 11.4 Å². The maximum Gasteiger partial charge on any atom is 0.265 e. The number of carbonyl (C=O) groups is 1. The minimum atomic E-state index is -3.89. The van der Waals surface area contributed by atoms with Crippen molar-refractivity contribution in [2.24, 2.45) is 0 Å². The Bertz CT molecular complexity index is 969. The molecule has 0 radical (unpaired) electrons. The molecule has 138 valence electrons. The van der Waals surface area contributed by atoms with E-state index in [1.54, 1.807) is 50.4 Å². The van der Waals surface area contributed by atoms with Crippen molar-refractivity contribution in [2.75, 3.05) is 29.4 Å². The van der Waals surface area contributed by atoms with Crippen LogP contribution >= 0.6 is 0 Å². The van der Waals surface area contributed by atoms with Gasteiger partial charge < -0.3 is 9.64 Å². The molecule has 1 heterocycles. The van der Waals surface area contributed by atoms with Gasteiger partial charge in [-0.15, -0.1) is 0 Å². The zero-order valence-corrected chi connectivity index (χ0v) is 16.1. The molecule has 0 saturated carbocycles. The van der Waals surface area contributed by atoms with Gasteiger partial charge in [0.15, 0.2) is 0 Å². The number of anilines is 2. The van der Waals surface area contributed by atoms with Crippen molar-refractivity contribution >= 4 is 27.3 Å². The van der Waals surface area contributed by atoms with Crippen LogP contribution in [0.3, 0.4) is 0 Å². The molecule has 0 unspecified atom stereocenters. The van der Waals surface area contributed by atoms with E-state index in [2.05, 4.69) is 0 Å². The second kappa shape index (κ2) is 6.64. The summed E-state index contributed by atoms with van der Waals surface area (Å²) in [4.78, 5) is 14.0. The van der Waals surface area contributed by atoms with Crippen LogP contribution in [-0.2, 0) is 14.8 Å². The van der Waals surface area contributed by atoms with E-state index in [1.165, 1.54) is 9.21 Å². The fourth-order valence-corrected chi connectivity index (χ4v) is 4.82. The van der Waals surface area contributed by atoms with Gasteiger partial charge in [-0.1, -0.05) is 12.1 Å². The Morgan fingerprint density at radius 1 is 1.08 bits per heavy atom. The van der Waals surface area contributed by atoms with Crippen molar-refractivity contribution in [3.63, 3.8) is 0 Å². The zero-order valence-electron chi connectivity index (χ0n) is 15.3. The summed E-state index contributed by atoms with van der Waals surface area (Å²) < 4.78 is 33.5. The molecular weight excluding hydrogens is 352 g/mol. The number of sulfonamides is 1. The van der Waals surface area contributed by atoms with Crippen molar-refractivity contribution in [3.05, 3.63) is 47.5 Å². The minimum Gasteiger partial charge on any atom is -0.494 e. The summed E-state index contributed by atoms with van der Waals surface area (Å²) in [6.07, 6.45) is 0. The van der Waals surface area contributed by atoms with Crippen molar-refractivity contribution in [2.45, 2.75) is 25.7 Å². The van der Waals surface area contributed by atoms with Gasteiger partial charge >= 0.3 is 0 Å². The molecular formula is C19H22N2O4S. The molecule has 0 aromatic heterocycles. The smallest absolute Gasteiger partial charge is 0.265 e. The first-order valence-electron chi connectivity index (χ1n) is 8.39. The quantitative estimate of drug-likeness (QED) is 0.825. The first-order valence-corrected chi connectivity index (χ1v) is 9.83. The van der Waals surface area contributed by atoms with Crippen LogP contribution < -0.4 is 13.9 Å². The number of para-hydroxylation sites is 2. The SMILES string of the molecule is CCOc1cc(C)c(S(=O)(=O)N2CC(=O)N(C)c3ccccc32)cc1C. The van der Waals surface area contributed by atoms with E-state index in [-0.39, 0.29) is 17.3 Å². The fourth-order valence-electron chi connectivity index (χ4n) is 3.09. The molecule has 0 aliphatic carbocycles. The van der Waals surface area contributed by atoms with Crippen molar-refractivity contribution in [3.8, 4) is 5.75 Å². The number of likely N-dealkylation sites (N-methyl/N-ethyl adjacent to an activating group) is 1. The van der Waals surface area contributed by atoms with E-state index in [0.29, 0.717) is 29.3 Å². The lowest BCUT2D eigenvalue weighted by Crippen LogP contribution is -2.46. The van der Waals surface area contributed by atoms with Gasteiger partial charge in [0.2, 0.25) is 5.91 Å². The highest BCUT2D eigenvalue weighted by atomic mass is 32.2. The highest BCUT2D eigenvalue weighted by molar-refractivity contribution is 7.93. The maximum atomic E-state index is 13.4. The van der Waals surface area contributed by atoms with Gasteiger partial charge in [0.05, 0.1) is 22.9 Å². The molecule has 0 bridgehead atoms. The van der Waals surface area contributed by atoms with Gasteiger partial charge in [-0.05, 0) is 56.2 Å². The number of nitrogens with zero attached hydrogens (tertiary/aromatic N) is 2. The molecule has 26 heavy (non-hydrogen) atoms. The molecule has 6 nitrogen and oxygen atoms in total. The van der Waals surface area contributed by atoms with E-state index in [4.69, 9.17) is 4.74 Å². The lowest BCUT2D eigenvalue weighted by atomic mass is 10.1. The third-order valence-corrected chi connectivity index (χ3v) is 6.41. The van der Waals surface area contributed by atoms with Crippen LogP contribution in [0.2, 0.25) is 0 Å². The van der Waals surface area contributed by atoms with Gasteiger partial charge in [-0.2, -0.15) is 0 Å². The van der Waals surface area contributed by atoms with E-state index >= 15 is 0 Å². The predicted molar refractivity (Wildman–Crippen MR) is 101 cm³/mol. The number of amides is 1. The molecule has 3 rings (SSSR count). The van der Waals surface area contributed by atoms with E-state index in [9.17, 15) is 13.2 Å². The number of hydrogen-bond acceptors (Lipinski definition) is 4. The molecule has 1 aliphatic rings. The lowest BCUT2D eigenvalue weighted by molar-refractivity contribution is -0.117. The summed E-state index contributed by atoms with van der Waals surface area (Å²) in [5, 5.41) is 0. The molecule has 0 saturated heterocycles. The second-order valence-electron chi connectivity index (χ2n) is 6.27. The Kier molecular flexibility index (Phi) is 4.66. The normalized spacial score (nSPS) is 14.4. The van der Waals surface area contributed by atoms with Crippen LogP contribution in [0, 0.1) is 13.8 Å². The van der Waals surface area contributed by atoms with Crippen LogP contribution in [0.15, 0.2) is 41.3 Å².